The maximum Gasteiger partial charge on any atom is 0.243 e. The summed E-state index contributed by atoms with van der Waals surface area (Å²) >= 11 is 0. The van der Waals surface area contributed by atoms with Crippen LogP contribution in [0, 0.1) is 0 Å². The summed E-state index contributed by atoms with van der Waals surface area (Å²) in [6.45, 7) is 4.45. The molecule has 1 fully saturated rings. The quantitative estimate of drug-likeness (QED) is 0.581. The van der Waals surface area contributed by atoms with E-state index < -0.39 is 10.0 Å². The number of amides is 1. The molecule has 164 valence electrons. The fourth-order valence-corrected chi connectivity index (χ4v) is 5.64. The van der Waals surface area contributed by atoms with Crippen LogP contribution in [0.1, 0.15) is 37.7 Å². The van der Waals surface area contributed by atoms with Crippen molar-refractivity contribution in [3.8, 4) is 0 Å². The Kier molecular flexibility index (Phi) is 6.43. The van der Waals surface area contributed by atoms with Gasteiger partial charge in [-0.15, -0.1) is 0 Å². The number of aromatic nitrogens is 1. The normalized spacial score (nSPS) is 15.9. The first kappa shape index (κ1) is 21.6. The molecule has 0 aliphatic carbocycles. The second-order valence-corrected chi connectivity index (χ2v) is 10.1. The third-order valence-electron chi connectivity index (χ3n) is 6.00. The molecule has 31 heavy (non-hydrogen) atoms. The summed E-state index contributed by atoms with van der Waals surface area (Å²) in [5.41, 5.74) is 2.14. The van der Waals surface area contributed by atoms with Crippen LogP contribution in [0.2, 0.25) is 0 Å². The second-order valence-electron chi connectivity index (χ2n) is 8.21. The van der Waals surface area contributed by atoms with Crippen molar-refractivity contribution in [3.05, 3.63) is 66.4 Å². The SMILES string of the molecule is C[C@H](CNC(=O)CCn1ccc2cc(S(=O)(=O)N3CCCC3)ccc21)c1ccccc1. The van der Waals surface area contributed by atoms with Gasteiger partial charge < -0.3 is 9.88 Å². The molecule has 0 radical (unpaired) electrons. The molecular weight excluding hydrogens is 410 g/mol. The number of carbonyl (C=O) groups excluding carboxylic acids is 1. The first-order valence-electron chi connectivity index (χ1n) is 10.9. The number of benzene rings is 2. The highest BCUT2D eigenvalue weighted by molar-refractivity contribution is 7.89. The maximum absolute atomic E-state index is 12.8. The molecule has 6 nitrogen and oxygen atoms in total. The molecule has 1 amide bonds. The second kappa shape index (κ2) is 9.24. The van der Waals surface area contributed by atoms with Crippen molar-refractivity contribution in [2.45, 2.75) is 43.5 Å². The van der Waals surface area contributed by atoms with Crippen molar-refractivity contribution in [1.82, 2.24) is 14.2 Å². The van der Waals surface area contributed by atoms with Crippen LogP contribution in [0.15, 0.2) is 65.7 Å². The van der Waals surface area contributed by atoms with Crippen LogP contribution in [0.4, 0.5) is 0 Å². The Balaban J connectivity index is 1.36. The molecule has 7 heteroatoms. The largest absolute Gasteiger partial charge is 0.355 e. The van der Waals surface area contributed by atoms with E-state index in [0.29, 0.717) is 37.5 Å². The molecule has 1 aliphatic rings. The molecule has 0 spiro atoms. The number of carbonyl (C=O) groups is 1. The highest BCUT2D eigenvalue weighted by Gasteiger charge is 2.27. The lowest BCUT2D eigenvalue weighted by molar-refractivity contribution is -0.121. The van der Waals surface area contributed by atoms with Gasteiger partial charge in [-0.05, 0) is 48.6 Å². The summed E-state index contributed by atoms with van der Waals surface area (Å²) < 4.78 is 29.2. The van der Waals surface area contributed by atoms with Gasteiger partial charge in [0, 0.05) is 49.7 Å². The fourth-order valence-electron chi connectivity index (χ4n) is 4.09. The van der Waals surface area contributed by atoms with Crippen LogP contribution in [0.3, 0.4) is 0 Å². The number of hydrogen-bond acceptors (Lipinski definition) is 3. The van der Waals surface area contributed by atoms with E-state index in [-0.39, 0.29) is 11.8 Å². The first-order chi connectivity index (χ1) is 14.9. The highest BCUT2D eigenvalue weighted by Crippen LogP contribution is 2.25. The van der Waals surface area contributed by atoms with Gasteiger partial charge in [0.05, 0.1) is 4.90 Å². The molecule has 1 atom stereocenters. The van der Waals surface area contributed by atoms with Gasteiger partial charge in [0.2, 0.25) is 15.9 Å². The van der Waals surface area contributed by atoms with Gasteiger partial charge in [-0.2, -0.15) is 4.31 Å². The van der Waals surface area contributed by atoms with Gasteiger partial charge in [0.1, 0.15) is 0 Å². The van der Waals surface area contributed by atoms with Crippen LogP contribution in [-0.4, -0.2) is 42.8 Å². The maximum atomic E-state index is 12.8. The van der Waals surface area contributed by atoms with E-state index >= 15 is 0 Å². The van der Waals surface area contributed by atoms with Gasteiger partial charge in [-0.25, -0.2) is 8.42 Å². The van der Waals surface area contributed by atoms with Crippen molar-refractivity contribution in [3.63, 3.8) is 0 Å². The zero-order valence-corrected chi connectivity index (χ0v) is 18.6. The lowest BCUT2D eigenvalue weighted by Gasteiger charge is -2.15. The number of nitrogens with one attached hydrogen (secondary N) is 1. The minimum absolute atomic E-state index is 0.0119. The van der Waals surface area contributed by atoms with E-state index in [1.165, 1.54) is 5.56 Å². The Hall–Kier alpha value is -2.64. The molecule has 3 aromatic rings. The van der Waals surface area contributed by atoms with Crippen molar-refractivity contribution < 1.29 is 13.2 Å². The van der Waals surface area contributed by atoms with E-state index in [9.17, 15) is 13.2 Å². The summed E-state index contributed by atoms with van der Waals surface area (Å²) in [7, 11) is -3.43. The van der Waals surface area contributed by atoms with E-state index in [1.54, 1.807) is 16.4 Å². The van der Waals surface area contributed by atoms with E-state index in [2.05, 4.69) is 24.4 Å². The predicted molar refractivity (Wildman–Crippen MR) is 122 cm³/mol. The highest BCUT2D eigenvalue weighted by atomic mass is 32.2. The third-order valence-corrected chi connectivity index (χ3v) is 7.89. The number of fused-ring (bicyclic) bond motifs is 1. The number of sulfonamides is 1. The van der Waals surface area contributed by atoms with Crippen LogP contribution in [0.5, 0.6) is 0 Å². The summed E-state index contributed by atoms with van der Waals surface area (Å²) in [5.74, 6) is 0.270. The van der Waals surface area contributed by atoms with Crippen LogP contribution in [0.25, 0.3) is 10.9 Å². The number of nitrogens with zero attached hydrogens (tertiary/aromatic N) is 2. The smallest absolute Gasteiger partial charge is 0.243 e. The molecular formula is C24H29N3O3S. The Morgan fingerprint density at radius 3 is 2.55 bits per heavy atom. The van der Waals surface area contributed by atoms with E-state index in [1.807, 2.05) is 41.1 Å². The Morgan fingerprint density at radius 1 is 1.06 bits per heavy atom. The van der Waals surface area contributed by atoms with Crippen molar-refractivity contribution >= 4 is 26.8 Å². The van der Waals surface area contributed by atoms with Gasteiger partial charge in [-0.3, -0.25) is 4.79 Å². The summed E-state index contributed by atoms with van der Waals surface area (Å²) in [6, 6.07) is 17.3. The van der Waals surface area contributed by atoms with Crippen molar-refractivity contribution in [2.75, 3.05) is 19.6 Å². The monoisotopic (exact) mass is 439 g/mol. The number of hydrogen-bond donors (Lipinski definition) is 1. The average molecular weight is 440 g/mol. The van der Waals surface area contributed by atoms with Gasteiger partial charge >= 0.3 is 0 Å². The molecule has 4 rings (SSSR count). The molecule has 2 aromatic carbocycles. The average Bonchev–Trinajstić information content (AvgIpc) is 3.47. The van der Waals surface area contributed by atoms with E-state index in [4.69, 9.17) is 0 Å². The Bertz CT molecular complexity index is 1150. The predicted octanol–water partition coefficient (Wildman–Crippen LogP) is 3.74. The molecule has 1 saturated heterocycles. The fraction of sp³-hybridized carbons (Fsp3) is 0.375. The minimum atomic E-state index is -3.43. The van der Waals surface area contributed by atoms with Gasteiger partial charge in [0.25, 0.3) is 0 Å². The van der Waals surface area contributed by atoms with Crippen LogP contribution < -0.4 is 5.32 Å². The molecule has 0 unspecified atom stereocenters. The van der Waals surface area contributed by atoms with Crippen LogP contribution >= 0.6 is 0 Å². The summed E-state index contributed by atoms with van der Waals surface area (Å²) in [4.78, 5) is 12.7. The standard InChI is InChI=1S/C24H29N3O3S/c1-19(20-7-3-2-4-8-20)18-25-24(28)12-16-26-15-11-21-17-22(9-10-23(21)26)31(29,30)27-13-5-6-14-27/h2-4,7-11,15,17,19H,5-6,12-14,16,18H2,1H3,(H,25,28)/t19-/m1/s1. The Morgan fingerprint density at radius 2 is 1.81 bits per heavy atom. The molecule has 0 bridgehead atoms. The lowest BCUT2D eigenvalue weighted by atomic mass is 10.0. The van der Waals surface area contributed by atoms with E-state index in [0.717, 1.165) is 23.7 Å². The third kappa shape index (κ3) is 4.83. The van der Waals surface area contributed by atoms with Crippen molar-refractivity contribution in [1.29, 1.82) is 0 Å². The Labute approximate surface area is 183 Å². The van der Waals surface area contributed by atoms with Crippen molar-refractivity contribution in [2.24, 2.45) is 0 Å². The first-order valence-corrected chi connectivity index (χ1v) is 12.3. The summed E-state index contributed by atoms with van der Waals surface area (Å²) in [5, 5.41) is 3.89. The number of rotatable bonds is 8. The minimum Gasteiger partial charge on any atom is -0.355 e. The molecule has 0 saturated carbocycles. The number of aryl methyl sites for hydroxylation is 1. The zero-order valence-electron chi connectivity index (χ0n) is 17.8. The van der Waals surface area contributed by atoms with Gasteiger partial charge in [-0.1, -0.05) is 37.3 Å². The zero-order chi connectivity index (χ0) is 21.8. The molecule has 1 aromatic heterocycles. The molecule has 1 N–H and O–H groups in total. The van der Waals surface area contributed by atoms with Gasteiger partial charge in [0.15, 0.2) is 0 Å². The topological polar surface area (TPSA) is 71.4 Å². The molecule has 1 aliphatic heterocycles. The lowest BCUT2D eigenvalue weighted by Crippen LogP contribution is -2.28. The van der Waals surface area contributed by atoms with Crippen LogP contribution in [-0.2, 0) is 21.4 Å². The molecule has 2 heterocycles. The summed E-state index contributed by atoms with van der Waals surface area (Å²) in [6.07, 6.45) is 4.13.